The van der Waals surface area contributed by atoms with Crippen LogP contribution in [0, 0.1) is 0 Å². The number of hydrogen-bond acceptors (Lipinski definition) is 4. The normalized spacial score (nSPS) is 11.4. The van der Waals surface area contributed by atoms with E-state index in [0.717, 1.165) is 19.3 Å². The molecule has 0 bridgehead atoms. The highest BCUT2D eigenvalue weighted by Gasteiger charge is 2.13. The number of hydrogen-bond donors (Lipinski definition) is 2. The predicted octanol–water partition coefficient (Wildman–Crippen LogP) is 1.75. The van der Waals surface area contributed by atoms with Gasteiger partial charge in [-0.25, -0.2) is 13.1 Å². The van der Waals surface area contributed by atoms with E-state index in [4.69, 9.17) is 10.5 Å². The summed E-state index contributed by atoms with van der Waals surface area (Å²) in [5.74, 6) is 0.529. The minimum atomic E-state index is -3.45. The van der Waals surface area contributed by atoms with Crippen LogP contribution in [0.3, 0.4) is 0 Å². The van der Waals surface area contributed by atoms with E-state index in [9.17, 15) is 8.42 Å². The highest BCUT2D eigenvalue weighted by molar-refractivity contribution is 7.89. The lowest BCUT2D eigenvalue weighted by molar-refractivity contribution is 0.307. The van der Waals surface area contributed by atoms with Crippen LogP contribution < -0.4 is 15.2 Å². The summed E-state index contributed by atoms with van der Waals surface area (Å²) in [6, 6.07) is 4.48. The number of ether oxygens (including phenoxy) is 1. The first-order valence-corrected chi connectivity index (χ1v) is 7.45. The van der Waals surface area contributed by atoms with Crippen LogP contribution in [0.4, 0.5) is 5.69 Å². The molecular weight excluding hydrogens is 252 g/mol. The number of nitrogen functional groups attached to an aromatic ring is 1. The smallest absolute Gasteiger partial charge is 0.240 e. The van der Waals surface area contributed by atoms with E-state index in [-0.39, 0.29) is 4.90 Å². The van der Waals surface area contributed by atoms with Crippen LogP contribution in [0.25, 0.3) is 0 Å². The molecule has 18 heavy (non-hydrogen) atoms. The molecule has 0 amide bonds. The van der Waals surface area contributed by atoms with Crippen molar-refractivity contribution in [1.29, 1.82) is 0 Å². The highest BCUT2D eigenvalue weighted by Crippen LogP contribution is 2.24. The van der Waals surface area contributed by atoms with Crippen LogP contribution in [-0.4, -0.2) is 22.1 Å². The Labute approximate surface area is 108 Å². The Morgan fingerprint density at radius 2 is 2.06 bits per heavy atom. The molecule has 0 aliphatic rings. The molecule has 0 radical (unpaired) electrons. The van der Waals surface area contributed by atoms with Gasteiger partial charge in [-0.05, 0) is 31.7 Å². The summed E-state index contributed by atoms with van der Waals surface area (Å²) in [5, 5.41) is 0. The molecule has 0 aliphatic heterocycles. The third-order valence-electron chi connectivity index (χ3n) is 2.57. The maximum Gasteiger partial charge on any atom is 0.240 e. The number of benzene rings is 1. The van der Waals surface area contributed by atoms with E-state index in [1.807, 2.05) is 0 Å². The van der Waals surface area contributed by atoms with Crippen LogP contribution in [-0.2, 0) is 10.0 Å². The molecule has 0 saturated carbocycles. The van der Waals surface area contributed by atoms with Crippen molar-refractivity contribution in [3.63, 3.8) is 0 Å². The molecule has 1 aromatic carbocycles. The van der Waals surface area contributed by atoms with Crippen molar-refractivity contribution in [2.24, 2.45) is 0 Å². The molecule has 3 N–H and O–H groups in total. The Balaban J connectivity index is 2.74. The van der Waals surface area contributed by atoms with Crippen LogP contribution in [0.1, 0.15) is 26.2 Å². The first-order chi connectivity index (χ1) is 8.51. The second-order valence-corrected chi connectivity index (χ2v) is 5.85. The van der Waals surface area contributed by atoms with E-state index in [2.05, 4.69) is 11.6 Å². The van der Waals surface area contributed by atoms with Crippen molar-refractivity contribution in [1.82, 2.24) is 4.72 Å². The Morgan fingerprint density at radius 3 is 2.61 bits per heavy atom. The van der Waals surface area contributed by atoms with Crippen LogP contribution in [0.2, 0.25) is 0 Å². The van der Waals surface area contributed by atoms with Gasteiger partial charge < -0.3 is 10.5 Å². The van der Waals surface area contributed by atoms with E-state index in [1.165, 1.54) is 19.2 Å². The summed E-state index contributed by atoms with van der Waals surface area (Å²) in [6.45, 7) is 2.71. The first kappa shape index (κ1) is 14.8. The number of nitrogens with two attached hydrogens (primary N) is 1. The second-order valence-electron chi connectivity index (χ2n) is 3.96. The van der Waals surface area contributed by atoms with Gasteiger partial charge in [0.1, 0.15) is 5.75 Å². The van der Waals surface area contributed by atoms with Gasteiger partial charge >= 0.3 is 0 Å². The molecule has 0 aliphatic carbocycles. The fraction of sp³-hybridized carbons (Fsp3) is 0.500. The predicted molar refractivity (Wildman–Crippen MR) is 72.1 cm³/mol. The van der Waals surface area contributed by atoms with Gasteiger partial charge in [-0.2, -0.15) is 0 Å². The highest BCUT2D eigenvalue weighted by atomic mass is 32.2. The van der Waals surface area contributed by atoms with Crippen LogP contribution in [0.5, 0.6) is 5.75 Å². The molecule has 0 fully saturated rings. The molecule has 0 spiro atoms. The fourth-order valence-corrected chi connectivity index (χ4v) is 2.24. The number of unbranched alkanes of at least 4 members (excludes halogenated alkanes) is 2. The molecule has 0 aromatic heterocycles. The third kappa shape index (κ3) is 3.89. The lowest BCUT2D eigenvalue weighted by atomic mass is 10.2. The van der Waals surface area contributed by atoms with E-state index in [1.54, 1.807) is 6.07 Å². The summed E-state index contributed by atoms with van der Waals surface area (Å²) >= 11 is 0. The molecule has 0 saturated heterocycles. The van der Waals surface area contributed by atoms with E-state index < -0.39 is 10.0 Å². The SMILES string of the molecule is CCCCCOc1ccc(S(=O)(=O)NC)cc1N. The van der Waals surface area contributed by atoms with Crippen molar-refractivity contribution < 1.29 is 13.2 Å². The van der Waals surface area contributed by atoms with Gasteiger partial charge in [0.25, 0.3) is 0 Å². The summed E-state index contributed by atoms with van der Waals surface area (Å²) < 4.78 is 30.9. The Morgan fingerprint density at radius 1 is 1.33 bits per heavy atom. The van der Waals surface area contributed by atoms with Gasteiger partial charge in [-0.15, -0.1) is 0 Å². The van der Waals surface area contributed by atoms with Crippen molar-refractivity contribution in [3.05, 3.63) is 18.2 Å². The lowest BCUT2D eigenvalue weighted by Crippen LogP contribution is -2.18. The monoisotopic (exact) mass is 272 g/mol. The van der Waals surface area contributed by atoms with E-state index in [0.29, 0.717) is 18.0 Å². The number of nitrogens with one attached hydrogen (secondary N) is 1. The molecule has 0 atom stereocenters. The fourth-order valence-electron chi connectivity index (χ4n) is 1.48. The summed E-state index contributed by atoms with van der Waals surface area (Å²) in [4.78, 5) is 0.142. The zero-order valence-corrected chi connectivity index (χ0v) is 11.6. The minimum Gasteiger partial charge on any atom is -0.491 e. The molecule has 1 aromatic rings. The minimum absolute atomic E-state index is 0.142. The number of rotatable bonds is 7. The topological polar surface area (TPSA) is 81.4 Å². The Bertz CT molecular complexity index is 486. The van der Waals surface area contributed by atoms with Crippen molar-refractivity contribution >= 4 is 15.7 Å². The van der Waals surface area contributed by atoms with E-state index >= 15 is 0 Å². The third-order valence-corrected chi connectivity index (χ3v) is 3.98. The van der Waals surface area contributed by atoms with Crippen molar-refractivity contribution in [2.75, 3.05) is 19.4 Å². The quantitative estimate of drug-likeness (QED) is 0.585. The molecule has 1 rings (SSSR count). The largest absolute Gasteiger partial charge is 0.491 e. The average molecular weight is 272 g/mol. The maximum absolute atomic E-state index is 11.6. The average Bonchev–Trinajstić information content (AvgIpc) is 2.36. The summed E-state index contributed by atoms with van der Waals surface area (Å²) in [5.41, 5.74) is 6.11. The number of sulfonamides is 1. The van der Waals surface area contributed by atoms with Gasteiger partial charge in [-0.3, -0.25) is 0 Å². The standard InChI is InChI=1S/C12H20N2O3S/c1-3-4-5-8-17-12-7-6-10(9-11(12)13)18(15,16)14-2/h6-7,9,14H,3-5,8,13H2,1-2H3. The van der Waals surface area contributed by atoms with Gasteiger partial charge in [-0.1, -0.05) is 19.8 Å². The van der Waals surface area contributed by atoms with Crippen molar-refractivity contribution in [2.45, 2.75) is 31.1 Å². The summed E-state index contributed by atoms with van der Waals surface area (Å²) in [6.07, 6.45) is 3.19. The molecule has 0 unspecified atom stereocenters. The lowest BCUT2D eigenvalue weighted by Gasteiger charge is -2.10. The van der Waals surface area contributed by atoms with Crippen molar-refractivity contribution in [3.8, 4) is 5.75 Å². The maximum atomic E-state index is 11.6. The molecule has 6 heteroatoms. The van der Waals surface area contributed by atoms with Gasteiger partial charge in [0.05, 0.1) is 17.2 Å². The molecule has 5 nitrogen and oxygen atoms in total. The van der Waals surface area contributed by atoms with Gasteiger partial charge in [0.2, 0.25) is 10.0 Å². The van der Waals surface area contributed by atoms with Crippen LogP contribution in [0.15, 0.2) is 23.1 Å². The number of anilines is 1. The van der Waals surface area contributed by atoms with Gasteiger partial charge in [0.15, 0.2) is 0 Å². The Kier molecular flexibility index (Phi) is 5.43. The molecular formula is C12H20N2O3S. The molecule has 102 valence electrons. The first-order valence-electron chi connectivity index (χ1n) is 5.97. The second kappa shape index (κ2) is 6.61. The van der Waals surface area contributed by atoms with Gasteiger partial charge in [0, 0.05) is 0 Å². The molecule has 0 heterocycles. The summed E-state index contributed by atoms with van der Waals surface area (Å²) in [7, 11) is -2.09. The zero-order valence-electron chi connectivity index (χ0n) is 10.8. The zero-order chi connectivity index (χ0) is 13.6. The van der Waals surface area contributed by atoms with Crippen LogP contribution >= 0.6 is 0 Å². The Hall–Kier alpha value is -1.27.